The highest BCUT2D eigenvalue weighted by Gasteiger charge is 2.26. The van der Waals surface area contributed by atoms with Gasteiger partial charge in [0.2, 0.25) is 23.6 Å². The van der Waals surface area contributed by atoms with E-state index in [4.69, 9.17) is 11.5 Å². The van der Waals surface area contributed by atoms with E-state index in [1.165, 1.54) is 17.1 Å². The van der Waals surface area contributed by atoms with Gasteiger partial charge in [0.05, 0.1) is 31.4 Å². The minimum absolute atomic E-state index is 0.0277. The number of nitrogens with zero attached hydrogens (tertiary/aromatic N) is 2. The van der Waals surface area contributed by atoms with E-state index in [9.17, 15) is 38.3 Å². The fraction of sp³-hybridized carbons (Fsp3) is 0.516. The molecule has 0 unspecified atom stereocenters. The number of carbonyl (C=O) groups is 6. The van der Waals surface area contributed by atoms with Crippen LogP contribution in [-0.4, -0.2) is 101 Å². The minimum atomic E-state index is -1.21. The van der Waals surface area contributed by atoms with Crippen LogP contribution in [0.1, 0.15) is 54.4 Å². The number of aromatic nitrogens is 2. The first-order valence-corrected chi connectivity index (χ1v) is 15.8. The number of aliphatic carboxylic acids is 1. The zero-order valence-electron chi connectivity index (χ0n) is 26.8. The van der Waals surface area contributed by atoms with E-state index in [0.29, 0.717) is 44.3 Å². The van der Waals surface area contributed by atoms with Gasteiger partial charge in [-0.3, -0.25) is 28.7 Å². The lowest BCUT2D eigenvalue weighted by molar-refractivity contribution is -0.142. The van der Waals surface area contributed by atoms with Gasteiger partial charge in [0, 0.05) is 12.6 Å². The Morgan fingerprint density at radius 1 is 0.792 bits per heavy atom. The summed E-state index contributed by atoms with van der Waals surface area (Å²) in [7, 11) is 0. The number of rotatable bonds is 23. The molecule has 2 rings (SSSR count). The van der Waals surface area contributed by atoms with Crippen molar-refractivity contribution in [3.63, 3.8) is 0 Å². The number of carboxylic acid groups (broad SMARTS) is 1. The molecule has 0 aliphatic rings. The summed E-state index contributed by atoms with van der Waals surface area (Å²) in [6.45, 7) is -0.992. The van der Waals surface area contributed by atoms with Gasteiger partial charge < -0.3 is 43.2 Å². The maximum atomic E-state index is 13.1. The summed E-state index contributed by atoms with van der Waals surface area (Å²) in [6, 6.07) is 5.46. The molecule has 0 spiro atoms. The first-order chi connectivity index (χ1) is 23.1. The van der Waals surface area contributed by atoms with Gasteiger partial charge in [-0.2, -0.15) is 5.10 Å². The molecular weight excluding hydrogens is 628 g/mol. The first kappa shape index (κ1) is 39.3. The van der Waals surface area contributed by atoms with Crippen LogP contribution < -0.4 is 38.1 Å². The van der Waals surface area contributed by atoms with Crippen molar-refractivity contribution in [1.82, 2.24) is 36.4 Å². The van der Waals surface area contributed by atoms with Crippen molar-refractivity contribution in [1.29, 1.82) is 0 Å². The number of nitrogens with one attached hydrogen (secondary N) is 5. The smallest absolute Gasteiger partial charge is 0.326 e. The van der Waals surface area contributed by atoms with Gasteiger partial charge in [-0.15, -0.1) is 0 Å². The normalized spacial score (nSPS) is 12.6. The topological polar surface area (TPSA) is 253 Å². The highest BCUT2D eigenvalue weighted by atomic mass is 18.2. The summed E-state index contributed by atoms with van der Waals surface area (Å²) in [4.78, 5) is 75.8. The number of unbranched alkanes of at least 4 members (excludes halogenated alkanes) is 2. The number of alkyl halides is 1. The molecule has 17 heteroatoms. The second-order valence-electron chi connectivity index (χ2n) is 11.0. The predicted octanol–water partition coefficient (Wildman–Crippen LogP) is -1.26. The number of benzene rings is 1. The standard InChI is InChI=1S/C31H46FN9O7/c32-12-15-41-20-22(17-37-41)28(44)40-23(10-4-6-13-33)29(45)35-19-27(43)39-25(16-21-8-2-1-3-9-21)30(46)36-18-26(42)38-24(31(47)48)11-5-7-14-34/h1-3,8-9,17,20,23-25H,4-7,10-16,18-19,33-34H2,(H,35,45)(H,36,46)(H,38,42)(H,39,43)(H,40,44)(H,47,48)/t23-,24-,25-/m0/s1/i32-1. The molecule has 0 aliphatic heterocycles. The number of carboxylic acids is 1. The summed E-state index contributed by atoms with van der Waals surface area (Å²) in [5.41, 5.74) is 11.8. The lowest BCUT2D eigenvalue weighted by Gasteiger charge is -2.21. The largest absolute Gasteiger partial charge is 0.480 e. The van der Waals surface area contributed by atoms with Gasteiger partial charge in [-0.25, -0.2) is 9.18 Å². The third-order valence-corrected chi connectivity index (χ3v) is 7.14. The van der Waals surface area contributed by atoms with Crippen LogP contribution in [0.15, 0.2) is 42.7 Å². The molecule has 3 atom stereocenters. The summed E-state index contributed by atoms with van der Waals surface area (Å²) < 4.78 is 13.9. The van der Waals surface area contributed by atoms with Crippen LogP contribution in [0.5, 0.6) is 0 Å². The van der Waals surface area contributed by atoms with E-state index < -0.39 is 73.4 Å². The Labute approximate surface area is 277 Å². The molecule has 264 valence electrons. The van der Waals surface area contributed by atoms with Gasteiger partial charge >= 0.3 is 5.97 Å². The monoisotopic (exact) mass is 674 g/mol. The Morgan fingerprint density at radius 2 is 1.35 bits per heavy atom. The van der Waals surface area contributed by atoms with Gasteiger partial charge in [0.1, 0.15) is 24.8 Å². The Kier molecular flexibility index (Phi) is 17.8. The second-order valence-corrected chi connectivity index (χ2v) is 11.0. The van der Waals surface area contributed by atoms with Crippen LogP contribution in [0.2, 0.25) is 0 Å². The summed E-state index contributed by atoms with van der Waals surface area (Å²) in [5, 5.41) is 25.7. The van der Waals surface area contributed by atoms with Crippen molar-refractivity contribution >= 4 is 35.5 Å². The fourth-order valence-electron chi connectivity index (χ4n) is 4.57. The third-order valence-electron chi connectivity index (χ3n) is 7.14. The molecular formula is C31H46FN9O7. The molecule has 0 saturated heterocycles. The van der Waals surface area contributed by atoms with Crippen molar-refractivity contribution < 1.29 is 38.3 Å². The highest BCUT2D eigenvalue weighted by molar-refractivity contribution is 5.98. The maximum absolute atomic E-state index is 13.1. The second kappa shape index (κ2) is 21.8. The average Bonchev–Trinajstić information content (AvgIpc) is 3.54. The van der Waals surface area contributed by atoms with Crippen molar-refractivity contribution in [2.75, 3.05) is 32.9 Å². The van der Waals surface area contributed by atoms with Crippen LogP contribution in [0.3, 0.4) is 0 Å². The Morgan fingerprint density at radius 3 is 1.92 bits per heavy atom. The van der Waals surface area contributed by atoms with Crippen LogP contribution in [0, 0.1) is 0 Å². The minimum Gasteiger partial charge on any atom is -0.480 e. The number of halogens is 1. The molecule has 2 aromatic rings. The van der Waals surface area contributed by atoms with Crippen molar-refractivity contribution in [2.45, 2.75) is 69.6 Å². The SMILES string of the molecule is NCCCC[C@H](NC(=O)CNC(=O)[C@H](Cc1ccccc1)NC(=O)CNC(=O)[C@H](CCCCN)NC(=O)c1cnn(CC[18F])c1)C(=O)O. The van der Waals surface area contributed by atoms with Crippen molar-refractivity contribution in [3.05, 3.63) is 53.9 Å². The van der Waals surface area contributed by atoms with E-state index in [1.54, 1.807) is 30.3 Å². The quantitative estimate of drug-likeness (QED) is 0.0650. The van der Waals surface area contributed by atoms with Crippen LogP contribution in [0.25, 0.3) is 0 Å². The summed E-state index contributed by atoms with van der Waals surface area (Å²) in [5.74, 6) is -4.61. The number of amides is 5. The average molecular weight is 675 g/mol. The number of carbonyl (C=O) groups excluding carboxylic acids is 5. The number of hydrogen-bond donors (Lipinski definition) is 8. The molecule has 5 amide bonds. The van der Waals surface area contributed by atoms with Gasteiger partial charge in [0.15, 0.2) is 0 Å². The number of aryl methyl sites for hydroxylation is 1. The predicted molar refractivity (Wildman–Crippen MR) is 173 cm³/mol. The molecule has 0 saturated carbocycles. The lowest BCUT2D eigenvalue weighted by atomic mass is 10.1. The molecule has 0 fully saturated rings. The Bertz CT molecular complexity index is 1340. The number of nitrogens with two attached hydrogens (primary N) is 2. The molecule has 1 aromatic carbocycles. The first-order valence-electron chi connectivity index (χ1n) is 15.8. The zero-order chi connectivity index (χ0) is 35.3. The molecule has 48 heavy (non-hydrogen) atoms. The number of hydrogen-bond acceptors (Lipinski definition) is 9. The van der Waals surface area contributed by atoms with E-state index >= 15 is 0 Å². The summed E-state index contributed by atoms with van der Waals surface area (Å²) in [6.07, 6.45) is 5.25. The van der Waals surface area contributed by atoms with E-state index in [0.717, 1.165) is 0 Å². The van der Waals surface area contributed by atoms with Crippen LogP contribution in [0.4, 0.5) is 4.39 Å². The van der Waals surface area contributed by atoms with Gasteiger partial charge in [-0.1, -0.05) is 30.3 Å². The van der Waals surface area contributed by atoms with E-state index in [-0.39, 0.29) is 31.4 Å². The Hall–Kier alpha value is -4.90. The maximum Gasteiger partial charge on any atom is 0.326 e. The lowest BCUT2D eigenvalue weighted by Crippen LogP contribution is -2.54. The molecule has 1 aromatic heterocycles. The zero-order valence-corrected chi connectivity index (χ0v) is 26.8. The molecule has 10 N–H and O–H groups in total. The highest BCUT2D eigenvalue weighted by Crippen LogP contribution is 2.06. The molecule has 1 heterocycles. The Balaban J connectivity index is 2.02. The fourth-order valence-corrected chi connectivity index (χ4v) is 4.57. The van der Waals surface area contributed by atoms with Crippen molar-refractivity contribution in [2.24, 2.45) is 11.5 Å². The molecule has 16 nitrogen and oxygen atoms in total. The van der Waals surface area contributed by atoms with Gasteiger partial charge in [0.25, 0.3) is 5.91 Å². The van der Waals surface area contributed by atoms with Crippen LogP contribution in [-0.2, 0) is 36.9 Å². The van der Waals surface area contributed by atoms with E-state index in [2.05, 4.69) is 31.7 Å². The molecule has 0 bridgehead atoms. The summed E-state index contributed by atoms with van der Waals surface area (Å²) >= 11 is 0. The van der Waals surface area contributed by atoms with E-state index in [1.807, 2.05) is 0 Å². The third kappa shape index (κ3) is 14.7. The van der Waals surface area contributed by atoms with Crippen molar-refractivity contribution in [3.8, 4) is 0 Å². The molecule has 0 aliphatic carbocycles. The van der Waals surface area contributed by atoms with Gasteiger partial charge in [-0.05, 0) is 57.2 Å². The van der Waals surface area contributed by atoms with Crippen LogP contribution >= 0.6 is 0 Å². The molecule has 0 radical (unpaired) electrons.